The van der Waals surface area contributed by atoms with Crippen molar-refractivity contribution >= 4 is 5.97 Å². The second-order valence-electron chi connectivity index (χ2n) is 3.28. The van der Waals surface area contributed by atoms with Crippen molar-refractivity contribution in [2.75, 3.05) is 20.3 Å². The lowest BCUT2D eigenvalue weighted by atomic mass is 9.94. The van der Waals surface area contributed by atoms with Gasteiger partial charge in [-0.25, -0.2) is 4.79 Å². The highest BCUT2D eigenvalue weighted by Gasteiger charge is 2.41. The van der Waals surface area contributed by atoms with Crippen LogP contribution in [-0.4, -0.2) is 31.4 Å². The molecule has 0 saturated heterocycles. The maximum Gasteiger partial charge on any atom is 0.345 e. The van der Waals surface area contributed by atoms with E-state index in [4.69, 9.17) is 9.47 Å². The molecule has 4 heteroatoms. The Kier molecular flexibility index (Phi) is 4.46. The number of hydrogen-bond acceptors (Lipinski definition) is 4. The molecule has 1 atom stereocenters. The molecule has 16 heavy (non-hydrogen) atoms. The summed E-state index contributed by atoms with van der Waals surface area (Å²) in [7, 11) is 1.38. The quantitative estimate of drug-likeness (QED) is 0.760. The summed E-state index contributed by atoms with van der Waals surface area (Å²) in [6.45, 7) is 1.50. The predicted molar refractivity (Wildman–Crippen MR) is 58.8 cm³/mol. The van der Waals surface area contributed by atoms with Crippen LogP contribution in [0, 0.1) is 0 Å². The summed E-state index contributed by atoms with van der Waals surface area (Å²) in [5.74, 6) is -0.578. The van der Waals surface area contributed by atoms with E-state index >= 15 is 0 Å². The van der Waals surface area contributed by atoms with Crippen LogP contribution in [0.3, 0.4) is 0 Å². The zero-order valence-corrected chi connectivity index (χ0v) is 9.47. The van der Waals surface area contributed by atoms with Crippen LogP contribution in [0.5, 0.6) is 0 Å². The number of esters is 1. The average molecular weight is 224 g/mol. The second kappa shape index (κ2) is 5.63. The first-order chi connectivity index (χ1) is 7.71. The molecule has 1 aromatic rings. The monoisotopic (exact) mass is 224 g/mol. The third kappa shape index (κ3) is 2.23. The number of aliphatic hydroxyl groups excluding tert-OH is 1. The molecule has 0 radical (unpaired) electrons. The fourth-order valence-corrected chi connectivity index (χ4v) is 1.49. The van der Waals surface area contributed by atoms with E-state index in [0.717, 1.165) is 0 Å². The number of ether oxygens (including phenoxy) is 2. The van der Waals surface area contributed by atoms with Crippen LogP contribution < -0.4 is 0 Å². The molecule has 1 aromatic carbocycles. The summed E-state index contributed by atoms with van der Waals surface area (Å²) in [5.41, 5.74) is -0.837. The Hall–Kier alpha value is -1.39. The first-order valence-electron chi connectivity index (χ1n) is 5.10. The van der Waals surface area contributed by atoms with Gasteiger partial charge in [0, 0.05) is 7.11 Å². The summed E-state index contributed by atoms with van der Waals surface area (Å²) >= 11 is 0. The van der Waals surface area contributed by atoms with E-state index in [1.807, 2.05) is 6.07 Å². The van der Waals surface area contributed by atoms with Crippen molar-refractivity contribution in [3.05, 3.63) is 35.9 Å². The lowest BCUT2D eigenvalue weighted by Crippen LogP contribution is -2.42. The fourth-order valence-electron chi connectivity index (χ4n) is 1.49. The molecule has 1 rings (SSSR count). The van der Waals surface area contributed by atoms with Gasteiger partial charge in [0.05, 0.1) is 13.2 Å². The zero-order chi connectivity index (χ0) is 12.0. The van der Waals surface area contributed by atoms with Crippen LogP contribution in [-0.2, 0) is 19.9 Å². The van der Waals surface area contributed by atoms with Crippen molar-refractivity contribution in [3.8, 4) is 0 Å². The Labute approximate surface area is 94.8 Å². The minimum absolute atomic E-state index is 0.247. The molecule has 0 saturated carbocycles. The first-order valence-corrected chi connectivity index (χ1v) is 5.10. The smallest absolute Gasteiger partial charge is 0.345 e. The lowest BCUT2D eigenvalue weighted by molar-refractivity contribution is -0.175. The van der Waals surface area contributed by atoms with Crippen LogP contribution in [0.15, 0.2) is 30.3 Å². The highest BCUT2D eigenvalue weighted by Crippen LogP contribution is 2.26. The van der Waals surface area contributed by atoms with Gasteiger partial charge in [-0.1, -0.05) is 30.3 Å². The standard InChI is InChI=1S/C12H16O4/c1-3-16-11(14)12(9-13,15-2)10-7-5-4-6-8-10/h4-8,13H,3,9H2,1-2H3. The number of carbonyl (C=O) groups is 1. The van der Waals surface area contributed by atoms with Crippen molar-refractivity contribution in [3.63, 3.8) is 0 Å². The minimum atomic E-state index is -1.42. The van der Waals surface area contributed by atoms with Gasteiger partial charge in [0.1, 0.15) is 0 Å². The van der Waals surface area contributed by atoms with Crippen LogP contribution >= 0.6 is 0 Å². The van der Waals surface area contributed by atoms with Crippen LogP contribution in [0.1, 0.15) is 12.5 Å². The van der Waals surface area contributed by atoms with E-state index in [9.17, 15) is 9.90 Å². The van der Waals surface area contributed by atoms with Crippen molar-refractivity contribution in [1.82, 2.24) is 0 Å². The highest BCUT2D eigenvalue weighted by molar-refractivity contribution is 5.81. The second-order valence-corrected chi connectivity index (χ2v) is 3.28. The molecule has 0 bridgehead atoms. The molecule has 1 N–H and O–H groups in total. The zero-order valence-electron chi connectivity index (χ0n) is 9.47. The van der Waals surface area contributed by atoms with Gasteiger partial charge in [0.25, 0.3) is 0 Å². The van der Waals surface area contributed by atoms with Crippen molar-refractivity contribution in [1.29, 1.82) is 0 Å². The lowest BCUT2D eigenvalue weighted by Gasteiger charge is -2.28. The molecule has 0 spiro atoms. The Bertz CT molecular complexity index is 330. The van der Waals surface area contributed by atoms with Crippen LogP contribution in [0.25, 0.3) is 0 Å². The first kappa shape index (κ1) is 12.7. The molecule has 0 aliphatic carbocycles. The third-order valence-corrected chi connectivity index (χ3v) is 2.42. The molecule has 4 nitrogen and oxygen atoms in total. The number of hydrogen-bond donors (Lipinski definition) is 1. The number of methoxy groups -OCH3 is 1. The predicted octanol–water partition coefficient (Wildman–Crippen LogP) is 1.08. The number of rotatable bonds is 5. The summed E-state index contributed by atoms with van der Waals surface area (Å²) in [5, 5.41) is 9.40. The van der Waals surface area contributed by atoms with Gasteiger partial charge >= 0.3 is 5.97 Å². The van der Waals surface area contributed by atoms with E-state index in [1.165, 1.54) is 7.11 Å². The van der Waals surface area contributed by atoms with Crippen molar-refractivity contribution in [2.24, 2.45) is 0 Å². The Morgan fingerprint density at radius 2 is 2.00 bits per heavy atom. The maximum absolute atomic E-state index is 11.8. The van der Waals surface area contributed by atoms with Crippen LogP contribution in [0.4, 0.5) is 0 Å². The Balaban J connectivity index is 3.10. The normalized spacial score (nSPS) is 14.2. The topological polar surface area (TPSA) is 55.8 Å². The van der Waals surface area contributed by atoms with E-state index < -0.39 is 18.2 Å². The molecular formula is C12H16O4. The van der Waals surface area contributed by atoms with E-state index in [1.54, 1.807) is 31.2 Å². The van der Waals surface area contributed by atoms with Gasteiger partial charge in [0.2, 0.25) is 5.60 Å². The average Bonchev–Trinajstić information content (AvgIpc) is 2.33. The van der Waals surface area contributed by atoms with Gasteiger partial charge < -0.3 is 14.6 Å². The third-order valence-electron chi connectivity index (χ3n) is 2.42. The SMILES string of the molecule is CCOC(=O)C(CO)(OC)c1ccccc1. The van der Waals surface area contributed by atoms with E-state index in [0.29, 0.717) is 5.56 Å². The molecule has 0 aliphatic rings. The van der Waals surface area contributed by atoms with Crippen molar-refractivity contribution in [2.45, 2.75) is 12.5 Å². The fraction of sp³-hybridized carbons (Fsp3) is 0.417. The molecule has 0 heterocycles. The molecular weight excluding hydrogens is 208 g/mol. The Morgan fingerprint density at radius 3 is 2.44 bits per heavy atom. The highest BCUT2D eigenvalue weighted by atomic mass is 16.6. The molecule has 88 valence electrons. The van der Waals surface area contributed by atoms with E-state index in [2.05, 4.69) is 0 Å². The molecule has 0 aromatic heterocycles. The van der Waals surface area contributed by atoms with Gasteiger partial charge in [0.15, 0.2) is 0 Å². The number of carbonyl (C=O) groups excluding carboxylic acids is 1. The largest absolute Gasteiger partial charge is 0.464 e. The number of aliphatic hydroxyl groups is 1. The van der Waals surface area contributed by atoms with Gasteiger partial charge in [-0.05, 0) is 12.5 Å². The summed E-state index contributed by atoms with van der Waals surface area (Å²) < 4.78 is 10.1. The molecule has 0 fully saturated rings. The summed E-state index contributed by atoms with van der Waals surface area (Å²) in [6, 6.07) is 8.82. The van der Waals surface area contributed by atoms with Gasteiger partial charge in [-0.15, -0.1) is 0 Å². The van der Waals surface area contributed by atoms with Gasteiger partial charge in [-0.3, -0.25) is 0 Å². The summed E-state index contributed by atoms with van der Waals surface area (Å²) in [6.07, 6.45) is 0. The Morgan fingerprint density at radius 1 is 1.38 bits per heavy atom. The van der Waals surface area contributed by atoms with E-state index in [-0.39, 0.29) is 6.61 Å². The summed E-state index contributed by atoms with van der Waals surface area (Å²) in [4.78, 5) is 11.8. The number of benzene rings is 1. The van der Waals surface area contributed by atoms with Crippen molar-refractivity contribution < 1.29 is 19.4 Å². The van der Waals surface area contributed by atoms with Crippen LogP contribution in [0.2, 0.25) is 0 Å². The molecule has 0 aliphatic heterocycles. The minimum Gasteiger partial charge on any atom is -0.464 e. The molecule has 0 amide bonds. The molecule has 1 unspecified atom stereocenters. The van der Waals surface area contributed by atoms with Gasteiger partial charge in [-0.2, -0.15) is 0 Å². The maximum atomic E-state index is 11.8.